The van der Waals surface area contributed by atoms with E-state index < -0.39 is 5.97 Å². The topological polar surface area (TPSA) is 40.1 Å². The summed E-state index contributed by atoms with van der Waals surface area (Å²) < 4.78 is 0. The maximum atomic E-state index is 8.89. The minimum Gasteiger partial charge on any atom is -1.00 e. The third kappa shape index (κ3) is 187. The number of hydrogen-bond acceptors (Lipinski definition) is 2. The van der Waals surface area contributed by atoms with Crippen molar-refractivity contribution < 1.29 is 60.0 Å². The largest absolute Gasteiger partial charge is 1.00 e. The molecule has 0 aliphatic heterocycles. The third-order valence-electron chi connectivity index (χ3n) is 0. The van der Waals surface area contributed by atoms with Gasteiger partial charge in [-0.15, -0.1) is 0 Å². The summed E-state index contributed by atoms with van der Waals surface area (Å²) in [7, 11) is 0. The zero-order chi connectivity index (χ0) is 3.58. The molecule has 0 aromatic rings. The quantitative estimate of drug-likeness (QED) is 0.289. The van der Waals surface area contributed by atoms with E-state index in [-0.39, 0.29) is 50.1 Å². The van der Waals surface area contributed by atoms with Crippen LogP contribution in [0.15, 0.2) is 0 Å². The number of hydrogen-bond donors (Lipinski definition) is 0. The number of carboxylic acids is 1. The van der Waals surface area contributed by atoms with Gasteiger partial charge in [-0.2, -0.15) is 0 Å². The molecule has 0 amide bonds. The molecule has 32 valence electrons. The van der Waals surface area contributed by atoms with Crippen molar-refractivity contribution in [2.24, 2.45) is 0 Å². The molecular weight excluding hydrogens is 105 g/mol. The van der Waals surface area contributed by atoms with Crippen molar-refractivity contribution in [3.8, 4) is 0 Å². The van der Waals surface area contributed by atoms with Crippen molar-refractivity contribution >= 4 is 5.97 Å². The fourth-order valence-electron chi connectivity index (χ4n) is 0. The predicted octanol–water partition coefficient (Wildman–Crippen LogP) is -10.2. The summed E-state index contributed by atoms with van der Waals surface area (Å²) in [5, 5.41) is 8.89. The Bertz CT molecular complexity index is 36.7. The maximum absolute atomic E-state index is 8.89. The zero-order valence-corrected chi connectivity index (χ0v) is 5.45. The van der Waals surface area contributed by atoms with Gasteiger partial charge in [0, 0.05) is 5.97 Å². The van der Waals surface area contributed by atoms with Crippen molar-refractivity contribution in [2.45, 2.75) is 6.92 Å². The Morgan fingerprint density at radius 3 is 1.43 bits per heavy atom. The molecule has 0 radical (unpaired) electrons. The molecule has 0 rings (SSSR count). The smallest absolute Gasteiger partial charge is 1.00 e. The van der Waals surface area contributed by atoms with E-state index in [2.05, 4.69) is 0 Å². The van der Waals surface area contributed by atoms with Crippen LogP contribution in [0, 0.1) is 0 Å². The number of rotatable bonds is 0. The number of carbonyl (C=O) groups is 1. The van der Waals surface area contributed by atoms with Gasteiger partial charge in [-0.1, -0.05) is 0 Å². The van der Waals surface area contributed by atoms with Gasteiger partial charge < -0.3 is 22.3 Å². The normalized spacial score (nSPS) is 3.57. The molecule has 2 nitrogen and oxygen atoms in total. The van der Waals surface area contributed by atoms with Crippen molar-refractivity contribution in [1.82, 2.24) is 0 Å². The number of carboxylic acid groups (broad SMARTS) is 1. The van der Waals surface area contributed by atoms with E-state index in [1.807, 2.05) is 0 Å². The number of carbonyl (C=O) groups excluding carboxylic acids is 1. The molecular formula is C2H3ClLi2O2. The average Bonchev–Trinajstić information content (AvgIpc) is 0.811. The summed E-state index contributed by atoms with van der Waals surface area (Å²) in [5.74, 6) is -1.08. The van der Waals surface area contributed by atoms with E-state index in [0.717, 1.165) is 6.92 Å². The summed E-state index contributed by atoms with van der Waals surface area (Å²) in [5.41, 5.74) is 0. The van der Waals surface area contributed by atoms with Crippen LogP contribution in [-0.2, 0) is 4.79 Å². The van der Waals surface area contributed by atoms with E-state index in [1.165, 1.54) is 0 Å². The summed E-state index contributed by atoms with van der Waals surface area (Å²) >= 11 is 0. The minimum atomic E-state index is -1.08. The van der Waals surface area contributed by atoms with Crippen LogP contribution in [0.5, 0.6) is 0 Å². The molecule has 0 saturated heterocycles. The first kappa shape index (κ1) is 24.6. The zero-order valence-electron chi connectivity index (χ0n) is 4.69. The molecule has 0 spiro atoms. The summed E-state index contributed by atoms with van der Waals surface area (Å²) in [6.45, 7) is 0.972. The Morgan fingerprint density at radius 1 is 1.43 bits per heavy atom. The van der Waals surface area contributed by atoms with Crippen molar-refractivity contribution in [2.75, 3.05) is 0 Å². The van der Waals surface area contributed by atoms with Crippen molar-refractivity contribution in [1.29, 1.82) is 0 Å². The second-order valence-corrected chi connectivity index (χ2v) is 0.492. The van der Waals surface area contributed by atoms with Crippen LogP contribution in [0.3, 0.4) is 0 Å². The van der Waals surface area contributed by atoms with Gasteiger partial charge in [0.25, 0.3) is 0 Å². The molecule has 0 aliphatic carbocycles. The first-order valence-corrected chi connectivity index (χ1v) is 0.908. The Balaban J connectivity index is -0.0000000150. The van der Waals surface area contributed by atoms with E-state index in [0.29, 0.717) is 0 Å². The number of halogens is 1. The molecule has 0 bridgehead atoms. The van der Waals surface area contributed by atoms with Crippen molar-refractivity contribution in [3.63, 3.8) is 0 Å². The van der Waals surface area contributed by atoms with Gasteiger partial charge in [0.15, 0.2) is 0 Å². The molecule has 0 aromatic carbocycles. The molecule has 0 aliphatic rings. The van der Waals surface area contributed by atoms with Crippen LogP contribution in [0.1, 0.15) is 6.92 Å². The van der Waals surface area contributed by atoms with Crippen LogP contribution in [0.4, 0.5) is 0 Å². The van der Waals surface area contributed by atoms with Crippen LogP contribution in [-0.4, -0.2) is 5.97 Å². The average molecular weight is 108 g/mol. The van der Waals surface area contributed by atoms with E-state index >= 15 is 0 Å². The maximum Gasteiger partial charge on any atom is 1.00 e. The van der Waals surface area contributed by atoms with Crippen molar-refractivity contribution in [3.05, 3.63) is 0 Å². The van der Waals surface area contributed by atoms with Gasteiger partial charge >= 0.3 is 37.7 Å². The third-order valence-corrected chi connectivity index (χ3v) is 0. The first-order valence-electron chi connectivity index (χ1n) is 0.908. The van der Waals surface area contributed by atoms with Gasteiger partial charge in [0.1, 0.15) is 0 Å². The van der Waals surface area contributed by atoms with Gasteiger partial charge in [-0.3, -0.25) is 0 Å². The minimum absolute atomic E-state index is 0. The van der Waals surface area contributed by atoms with Gasteiger partial charge in [0.2, 0.25) is 0 Å². The summed E-state index contributed by atoms with van der Waals surface area (Å²) in [6.07, 6.45) is 0. The van der Waals surface area contributed by atoms with E-state index in [9.17, 15) is 0 Å². The molecule has 0 unspecified atom stereocenters. The van der Waals surface area contributed by atoms with Crippen LogP contribution in [0.25, 0.3) is 0 Å². The fourth-order valence-corrected chi connectivity index (χ4v) is 0. The fraction of sp³-hybridized carbons (Fsp3) is 0.500. The number of aliphatic carboxylic acids is 1. The molecule has 0 fully saturated rings. The summed E-state index contributed by atoms with van der Waals surface area (Å²) in [6, 6.07) is 0. The molecule has 0 atom stereocenters. The van der Waals surface area contributed by atoms with Gasteiger partial charge in [0.05, 0.1) is 0 Å². The van der Waals surface area contributed by atoms with Crippen LogP contribution >= 0.6 is 0 Å². The second-order valence-electron chi connectivity index (χ2n) is 0.492. The van der Waals surface area contributed by atoms with E-state index in [1.54, 1.807) is 0 Å². The second kappa shape index (κ2) is 15.8. The van der Waals surface area contributed by atoms with Gasteiger partial charge in [-0.25, -0.2) is 0 Å². The Kier molecular flexibility index (Phi) is 55.4. The Hall–Kier alpha value is 0.955. The van der Waals surface area contributed by atoms with E-state index in [4.69, 9.17) is 9.90 Å². The first-order chi connectivity index (χ1) is 1.73. The monoisotopic (exact) mass is 108 g/mol. The molecule has 0 saturated carbocycles. The molecule has 0 heterocycles. The molecule has 0 N–H and O–H groups in total. The van der Waals surface area contributed by atoms with Gasteiger partial charge in [-0.05, 0) is 6.92 Å². The molecule has 7 heavy (non-hydrogen) atoms. The standard InChI is InChI=1S/C2H4O2.ClH.2Li/c1-2(3)4;;;/h1H3,(H,3,4);1H;;/q;;2*+1/p-2. The van der Waals surface area contributed by atoms with Crippen LogP contribution in [0.2, 0.25) is 0 Å². The SMILES string of the molecule is CC(=O)[O-].[Cl-].[Li+].[Li+]. The Morgan fingerprint density at radius 2 is 1.43 bits per heavy atom. The molecule has 0 aromatic heterocycles. The summed E-state index contributed by atoms with van der Waals surface area (Å²) in [4.78, 5) is 8.89. The van der Waals surface area contributed by atoms with Crippen LogP contribution < -0.4 is 55.2 Å². The Labute approximate surface area is 72.8 Å². The predicted molar refractivity (Wildman–Crippen MR) is 10.7 cm³/mol. The molecule has 5 heteroatoms.